The van der Waals surface area contributed by atoms with E-state index >= 15 is 0 Å². The van der Waals surface area contributed by atoms with Crippen molar-refractivity contribution in [2.45, 2.75) is 4.83 Å². The molecule has 0 radical (unpaired) electrons. The molecule has 2 rings (SSSR count). The maximum absolute atomic E-state index is 14.0. The van der Waals surface area contributed by atoms with Gasteiger partial charge in [-0.2, -0.15) is 0 Å². The van der Waals surface area contributed by atoms with Crippen LogP contribution >= 0.6 is 15.9 Å². The van der Waals surface area contributed by atoms with Crippen molar-refractivity contribution in [1.82, 2.24) is 0 Å². The van der Waals surface area contributed by atoms with E-state index in [1.54, 1.807) is 19.2 Å². The first-order valence-corrected chi connectivity index (χ1v) is 6.68. The molecule has 0 N–H and O–H groups in total. The molecule has 2 aromatic carbocycles. The standard InChI is InChI=1S/C15H14BrFO2/c1-18-11-5-3-4-10(8-11)15(16)13-7-6-12(19-2)9-14(13)17/h3-9,15H,1-2H3. The van der Waals surface area contributed by atoms with E-state index in [1.807, 2.05) is 24.3 Å². The highest BCUT2D eigenvalue weighted by atomic mass is 79.9. The van der Waals surface area contributed by atoms with Crippen LogP contribution in [0.1, 0.15) is 16.0 Å². The second-order valence-corrected chi connectivity index (χ2v) is 4.94. The summed E-state index contributed by atoms with van der Waals surface area (Å²) in [7, 11) is 3.12. The highest BCUT2D eigenvalue weighted by Gasteiger charge is 2.16. The summed E-state index contributed by atoms with van der Waals surface area (Å²) in [6.45, 7) is 0. The van der Waals surface area contributed by atoms with Crippen LogP contribution in [0.5, 0.6) is 11.5 Å². The molecule has 0 aliphatic heterocycles. The van der Waals surface area contributed by atoms with Crippen molar-refractivity contribution in [1.29, 1.82) is 0 Å². The van der Waals surface area contributed by atoms with Gasteiger partial charge in [-0.3, -0.25) is 0 Å². The third kappa shape index (κ3) is 3.07. The maximum Gasteiger partial charge on any atom is 0.131 e. The molecule has 0 saturated heterocycles. The smallest absolute Gasteiger partial charge is 0.131 e. The summed E-state index contributed by atoms with van der Waals surface area (Å²) in [5.41, 5.74) is 1.50. The van der Waals surface area contributed by atoms with Crippen LogP contribution in [-0.2, 0) is 0 Å². The molecule has 0 amide bonds. The summed E-state index contributed by atoms with van der Waals surface area (Å²) in [6, 6.07) is 12.4. The molecule has 19 heavy (non-hydrogen) atoms. The van der Waals surface area contributed by atoms with Crippen molar-refractivity contribution in [3.63, 3.8) is 0 Å². The van der Waals surface area contributed by atoms with Gasteiger partial charge in [-0.1, -0.05) is 34.1 Å². The lowest BCUT2D eigenvalue weighted by Crippen LogP contribution is -1.98. The van der Waals surface area contributed by atoms with Crippen molar-refractivity contribution in [2.24, 2.45) is 0 Å². The van der Waals surface area contributed by atoms with Crippen LogP contribution in [0.2, 0.25) is 0 Å². The second-order valence-electron chi connectivity index (χ2n) is 4.03. The predicted octanol–water partition coefficient (Wildman–Crippen LogP) is 4.33. The predicted molar refractivity (Wildman–Crippen MR) is 76.7 cm³/mol. The molecule has 0 aromatic heterocycles. The van der Waals surface area contributed by atoms with Crippen molar-refractivity contribution < 1.29 is 13.9 Å². The molecular weight excluding hydrogens is 311 g/mol. The van der Waals surface area contributed by atoms with E-state index in [1.165, 1.54) is 13.2 Å². The van der Waals surface area contributed by atoms with Crippen molar-refractivity contribution >= 4 is 15.9 Å². The zero-order chi connectivity index (χ0) is 13.8. The molecule has 2 nitrogen and oxygen atoms in total. The van der Waals surface area contributed by atoms with Crippen molar-refractivity contribution in [2.75, 3.05) is 14.2 Å². The Balaban J connectivity index is 2.35. The summed E-state index contributed by atoms with van der Waals surface area (Å²) in [5, 5.41) is 0. The molecule has 4 heteroatoms. The average molecular weight is 325 g/mol. The Kier molecular flexibility index (Phi) is 4.43. The molecule has 100 valence electrons. The molecule has 1 atom stereocenters. The number of rotatable bonds is 4. The third-order valence-corrected chi connectivity index (χ3v) is 3.89. The van der Waals surface area contributed by atoms with E-state index in [0.29, 0.717) is 11.3 Å². The van der Waals surface area contributed by atoms with Gasteiger partial charge in [0, 0.05) is 11.6 Å². The Morgan fingerprint density at radius 3 is 2.32 bits per heavy atom. The summed E-state index contributed by atoms with van der Waals surface area (Å²) in [6.07, 6.45) is 0. The van der Waals surface area contributed by atoms with Crippen LogP contribution in [0.25, 0.3) is 0 Å². The minimum absolute atomic E-state index is 0.228. The summed E-state index contributed by atoms with van der Waals surface area (Å²) >= 11 is 3.52. The van der Waals surface area contributed by atoms with E-state index < -0.39 is 0 Å². The van der Waals surface area contributed by atoms with Gasteiger partial charge < -0.3 is 9.47 Å². The minimum atomic E-state index is -0.302. The van der Waals surface area contributed by atoms with Gasteiger partial charge in [0.2, 0.25) is 0 Å². The van der Waals surface area contributed by atoms with Gasteiger partial charge in [-0.05, 0) is 23.8 Å². The van der Waals surface area contributed by atoms with Crippen LogP contribution in [-0.4, -0.2) is 14.2 Å². The number of hydrogen-bond donors (Lipinski definition) is 0. The molecule has 0 heterocycles. The van der Waals surface area contributed by atoms with Gasteiger partial charge in [0.1, 0.15) is 17.3 Å². The van der Waals surface area contributed by atoms with Crippen molar-refractivity contribution in [3.05, 3.63) is 59.4 Å². The average Bonchev–Trinajstić information content (AvgIpc) is 2.46. The van der Waals surface area contributed by atoms with E-state index in [4.69, 9.17) is 9.47 Å². The number of ether oxygens (including phenoxy) is 2. The van der Waals surface area contributed by atoms with Crippen molar-refractivity contribution in [3.8, 4) is 11.5 Å². The van der Waals surface area contributed by atoms with E-state index in [-0.39, 0.29) is 10.6 Å². The zero-order valence-corrected chi connectivity index (χ0v) is 12.3. The SMILES string of the molecule is COc1cccc(C(Br)c2ccc(OC)cc2F)c1. The Morgan fingerprint density at radius 1 is 1.00 bits per heavy atom. The lowest BCUT2D eigenvalue weighted by atomic mass is 10.0. The molecule has 1 unspecified atom stereocenters. The number of hydrogen-bond acceptors (Lipinski definition) is 2. The van der Waals surface area contributed by atoms with Crippen LogP contribution in [0.3, 0.4) is 0 Å². The Morgan fingerprint density at radius 2 is 1.68 bits per heavy atom. The summed E-state index contributed by atoms with van der Waals surface area (Å²) < 4.78 is 24.2. The zero-order valence-electron chi connectivity index (χ0n) is 10.7. The largest absolute Gasteiger partial charge is 0.497 e. The molecule has 0 fully saturated rings. The number of methoxy groups -OCH3 is 2. The highest BCUT2D eigenvalue weighted by Crippen LogP contribution is 2.35. The Hall–Kier alpha value is -1.55. The monoisotopic (exact) mass is 324 g/mol. The normalized spacial score (nSPS) is 12.0. The molecule has 0 spiro atoms. The molecular formula is C15H14BrFO2. The number of alkyl halides is 1. The van der Waals surface area contributed by atoms with Crippen LogP contribution < -0.4 is 9.47 Å². The Labute approximate surface area is 120 Å². The summed E-state index contributed by atoms with van der Waals surface area (Å²) in [5.74, 6) is 0.950. The maximum atomic E-state index is 14.0. The van der Waals surface area contributed by atoms with Gasteiger partial charge in [-0.25, -0.2) is 4.39 Å². The quantitative estimate of drug-likeness (QED) is 0.779. The lowest BCUT2D eigenvalue weighted by Gasteiger charge is -2.13. The Bertz CT molecular complexity index is 572. The lowest BCUT2D eigenvalue weighted by molar-refractivity contribution is 0.410. The van der Waals surface area contributed by atoms with E-state index in [2.05, 4.69) is 15.9 Å². The van der Waals surface area contributed by atoms with Gasteiger partial charge in [0.25, 0.3) is 0 Å². The van der Waals surface area contributed by atoms with E-state index in [9.17, 15) is 4.39 Å². The molecule has 0 bridgehead atoms. The van der Waals surface area contributed by atoms with Gasteiger partial charge in [0.15, 0.2) is 0 Å². The highest BCUT2D eigenvalue weighted by molar-refractivity contribution is 9.09. The first-order valence-electron chi connectivity index (χ1n) is 5.77. The van der Waals surface area contributed by atoms with Crippen LogP contribution in [0, 0.1) is 5.82 Å². The van der Waals surface area contributed by atoms with Gasteiger partial charge >= 0.3 is 0 Å². The summed E-state index contributed by atoms with van der Waals surface area (Å²) in [4.78, 5) is -0.228. The minimum Gasteiger partial charge on any atom is -0.497 e. The van der Waals surface area contributed by atoms with Crippen LogP contribution in [0.4, 0.5) is 4.39 Å². The molecule has 0 aliphatic rings. The molecule has 0 saturated carbocycles. The second kappa shape index (κ2) is 6.06. The van der Waals surface area contributed by atoms with Crippen LogP contribution in [0.15, 0.2) is 42.5 Å². The number of benzene rings is 2. The fourth-order valence-corrected chi connectivity index (χ4v) is 2.48. The van der Waals surface area contributed by atoms with Gasteiger partial charge in [-0.15, -0.1) is 0 Å². The first kappa shape index (κ1) is 13.9. The fourth-order valence-electron chi connectivity index (χ4n) is 1.82. The topological polar surface area (TPSA) is 18.5 Å². The first-order chi connectivity index (χ1) is 9.15. The fraction of sp³-hybridized carbons (Fsp3) is 0.200. The van der Waals surface area contributed by atoms with E-state index in [0.717, 1.165) is 11.3 Å². The molecule has 2 aromatic rings. The van der Waals surface area contributed by atoms with Gasteiger partial charge in [0.05, 0.1) is 19.0 Å². The third-order valence-electron chi connectivity index (χ3n) is 2.87. The molecule has 0 aliphatic carbocycles. The number of halogens is 2.